The van der Waals surface area contributed by atoms with Crippen LogP contribution in [0.1, 0.15) is 23.1 Å². The van der Waals surface area contributed by atoms with Crippen LogP contribution in [-0.2, 0) is 16.1 Å². The van der Waals surface area contributed by atoms with Gasteiger partial charge in [0.25, 0.3) is 5.91 Å². The molecular weight excluding hydrogens is 324 g/mol. The quantitative estimate of drug-likeness (QED) is 0.784. The van der Waals surface area contributed by atoms with Crippen LogP contribution in [0.2, 0.25) is 0 Å². The van der Waals surface area contributed by atoms with Crippen molar-refractivity contribution in [1.82, 2.24) is 19.9 Å². The molecule has 0 aliphatic carbocycles. The molecule has 1 aromatic carbocycles. The molecule has 0 saturated carbocycles. The van der Waals surface area contributed by atoms with Gasteiger partial charge in [-0.25, -0.2) is 4.68 Å². The number of amides is 1. The maximum Gasteiger partial charge on any atom is 0.276 e. The molecule has 1 fully saturated rings. The van der Waals surface area contributed by atoms with Crippen LogP contribution in [0.5, 0.6) is 5.75 Å². The van der Waals surface area contributed by atoms with E-state index in [1.54, 1.807) is 16.7 Å². The van der Waals surface area contributed by atoms with Crippen molar-refractivity contribution in [2.45, 2.75) is 13.5 Å². The van der Waals surface area contributed by atoms with Crippen LogP contribution in [-0.4, -0.2) is 65.8 Å². The van der Waals surface area contributed by atoms with Crippen molar-refractivity contribution in [3.05, 3.63) is 35.7 Å². The van der Waals surface area contributed by atoms with Gasteiger partial charge >= 0.3 is 0 Å². The van der Waals surface area contributed by atoms with Gasteiger partial charge in [-0.15, -0.1) is 5.10 Å². The fraction of sp³-hybridized carbons (Fsp3) is 0.471. The highest BCUT2D eigenvalue weighted by Gasteiger charge is 2.26. The second kappa shape index (κ2) is 8.09. The molecule has 2 aromatic rings. The highest BCUT2D eigenvalue weighted by Crippen LogP contribution is 2.19. The Balaban J connectivity index is 1.89. The van der Waals surface area contributed by atoms with Crippen molar-refractivity contribution in [2.75, 3.05) is 40.0 Å². The Labute approximate surface area is 146 Å². The van der Waals surface area contributed by atoms with Gasteiger partial charge in [-0.1, -0.05) is 5.21 Å². The summed E-state index contributed by atoms with van der Waals surface area (Å²) in [6, 6.07) is 7.48. The number of methoxy groups -OCH3 is 1. The summed E-state index contributed by atoms with van der Waals surface area (Å²) in [5.41, 5.74) is 1.74. The normalized spacial score (nSPS) is 14.6. The Morgan fingerprint density at radius 1 is 1.24 bits per heavy atom. The van der Waals surface area contributed by atoms with E-state index in [0.29, 0.717) is 44.3 Å². The third-order valence-electron chi connectivity index (χ3n) is 3.94. The van der Waals surface area contributed by atoms with E-state index >= 15 is 0 Å². The lowest BCUT2D eigenvalue weighted by atomic mass is 10.2. The van der Waals surface area contributed by atoms with Crippen LogP contribution in [0.15, 0.2) is 24.3 Å². The van der Waals surface area contributed by atoms with Crippen molar-refractivity contribution >= 4 is 5.91 Å². The van der Waals surface area contributed by atoms with Crippen LogP contribution in [0.4, 0.5) is 0 Å². The van der Waals surface area contributed by atoms with Gasteiger partial charge in [0.05, 0.1) is 32.1 Å². The predicted octanol–water partition coefficient (Wildman–Crippen LogP) is 1.28. The number of nitrogens with zero attached hydrogens (tertiary/aromatic N) is 4. The standard InChI is InChI=1S/C17H22N4O4/c1-3-25-14-6-4-13(5-7-14)21-15(12-23-2)16(18-19-21)17(22)20-8-10-24-11-9-20/h4-7H,3,8-12H2,1-2H3. The summed E-state index contributed by atoms with van der Waals surface area (Å²) >= 11 is 0. The summed E-state index contributed by atoms with van der Waals surface area (Å²) in [7, 11) is 1.58. The zero-order valence-corrected chi connectivity index (χ0v) is 14.5. The summed E-state index contributed by atoms with van der Waals surface area (Å²) in [6.07, 6.45) is 0. The van der Waals surface area contributed by atoms with Gasteiger partial charge in [-0.05, 0) is 31.2 Å². The van der Waals surface area contributed by atoms with E-state index < -0.39 is 0 Å². The predicted molar refractivity (Wildman–Crippen MR) is 90.0 cm³/mol. The molecule has 1 amide bonds. The molecule has 25 heavy (non-hydrogen) atoms. The first-order valence-corrected chi connectivity index (χ1v) is 8.28. The second-order valence-corrected chi connectivity index (χ2v) is 5.56. The molecule has 0 unspecified atom stereocenters. The minimum absolute atomic E-state index is 0.146. The van der Waals surface area contributed by atoms with Gasteiger partial charge in [-0.2, -0.15) is 0 Å². The Morgan fingerprint density at radius 2 is 1.96 bits per heavy atom. The van der Waals surface area contributed by atoms with E-state index in [1.165, 1.54) is 0 Å². The fourth-order valence-electron chi connectivity index (χ4n) is 2.71. The van der Waals surface area contributed by atoms with Gasteiger partial charge in [-0.3, -0.25) is 4.79 Å². The molecule has 8 heteroatoms. The fourth-order valence-corrected chi connectivity index (χ4v) is 2.71. The van der Waals surface area contributed by atoms with E-state index in [9.17, 15) is 4.79 Å². The Kier molecular flexibility index (Phi) is 5.62. The van der Waals surface area contributed by atoms with E-state index in [-0.39, 0.29) is 12.5 Å². The average Bonchev–Trinajstić information content (AvgIpc) is 3.07. The molecule has 3 rings (SSSR count). The van der Waals surface area contributed by atoms with E-state index in [4.69, 9.17) is 14.2 Å². The number of ether oxygens (including phenoxy) is 3. The summed E-state index contributed by atoms with van der Waals surface area (Å²) in [4.78, 5) is 14.5. The number of benzene rings is 1. The lowest BCUT2D eigenvalue weighted by Crippen LogP contribution is -2.41. The molecule has 0 radical (unpaired) electrons. The summed E-state index contributed by atoms with van der Waals surface area (Å²) < 4.78 is 17.7. The third-order valence-corrected chi connectivity index (χ3v) is 3.94. The monoisotopic (exact) mass is 346 g/mol. The van der Waals surface area contributed by atoms with Crippen LogP contribution >= 0.6 is 0 Å². The zero-order valence-electron chi connectivity index (χ0n) is 14.5. The SMILES string of the molecule is CCOc1ccc(-n2nnc(C(=O)N3CCOCC3)c2COC)cc1. The number of morpholine rings is 1. The Bertz CT molecular complexity index is 708. The number of hydrogen-bond donors (Lipinski definition) is 0. The smallest absolute Gasteiger partial charge is 0.276 e. The second-order valence-electron chi connectivity index (χ2n) is 5.56. The summed E-state index contributed by atoms with van der Waals surface area (Å²) in [5, 5.41) is 8.28. The minimum Gasteiger partial charge on any atom is -0.494 e. The first kappa shape index (κ1) is 17.4. The van der Waals surface area contributed by atoms with E-state index in [1.807, 2.05) is 31.2 Å². The maximum atomic E-state index is 12.8. The minimum atomic E-state index is -0.146. The van der Waals surface area contributed by atoms with Crippen molar-refractivity contribution < 1.29 is 19.0 Å². The van der Waals surface area contributed by atoms with Crippen molar-refractivity contribution in [3.8, 4) is 11.4 Å². The number of carbonyl (C=O) groups excluding carboxylic acids is 1. The van der Waals surface area contributed by atoms with Crippen molar-refractivity contribution in [2.24, 2.45) is 0 Å². The molecule has 0 atom stereocenters. The average molecular weight is 346 g/mol. The molecule has 8 nitrogen and oxygen atoms in total. The van der Waals surface area contributed by atoms with Crippen LogP contribution in [0, 0.1) is 0 Å². The van der Waals surface area contributed by atoms with Gasteiger partial charge < -0.3 is 19.1 Å². The summed E-state index contributed by atoms with van der Waals surface area (Å²) in [5.74, 6) is 0.636. The van der Waals surface area contributed by atoms with Crippen molar-refractivity contribution in [3.63, 3.8) is 0 Å². The van der Waals surface area contributed by atoms with E-state index in [2.05, 4.69) is 10.3 Å². The highest BCUT2D eigenvalue weighted by atomic mass is 16.5. The van der Waals surface area contributed by atoms with Gasteiger partial charge in [0.15, 0.2) is 5.69 Å². The lowest BCUT2D eigenvalue weighted by molar-refractivity contribution is 0.0296. The van der Waals surface area contributed by atoms with Crippen LogP contribution in [0.25, 0.3) is 5.69 Å². The highest BCUT2D eigenvalue weighted by molar-refractivity contribution is 5.93. The van der Waals surface area contributed by atoms with Gasteiger partial charge in [0, 0.05) is 20.2 Å². The number of hydrogen-bond acceptors (Lipinski definition) is 6. The lowest BCUT2D eigenvalue weighted by Gasteiger charge is -2.26. The molecule has 1 aliphatic rings. The largest absolute Gasteiger partial charge is 0.494 e. The number of aromatic nitrogens is 3. The third kappa shape index (κ3) is 3.80. The van der Waals surface area contributed by atoms with Gasteiger partial charge in [0.1, 0.15) is 11.4 Å². The van der Waals surface area contributed by atoms with E-state index in [0.717, 1.165) is 11.4 Å². The maximum absolute atomic E-state index is 12.8. The molecule has 1 saturated heterocycles. The molecule has 0 spiro atoms. The van der Waals surface area contributed by atoms with Crippen molar-refractivity contribution in [1.29, 1.82) is 0 Å². The van der Waals surface area contributed by atoms with Crippen LogP contribution < -0.4 is 4.74 Å². The molecule has 2 heterocycles. The first-order valence-electron chi connectivity index (χ1n) is 8.28. The molecule has 134 valence electrons. The molecular formula is C17H22N4O4. The molecule has 0 N–H and O–H groups in total. The molecule has 0 bridgehead atoms. The topological polar surface area (TPSA) is 78.7 Å². The number of rotatable bonds is 6. The molecule has 1 aliphatic heterocycles. The van der Waals surface area contributed by atoms with Gasteiger partial charge in [0.2, 0.25) is 0 Å². The Morgan fingerprint density at radius 3 is 2.60 bits per heavy atom. The first-order chi connectivity index (χ1) is 12.2. The number of carbonyl (C=O) groups is 1. The Hall–Kier alpha value is -2.45. The zero-order chi connectivity index (χ0) is 17.6. The molecule has 1 aromatic heterocycles. The van der Waals surface area contributed by atoms with Crippen LogP contribution in [0.3, 0.4) is 0 Å². The summed E-state index contributed by atoms with van der Waals surface area (Å²) in [6.45, 7) is 4.98.